The molecule has 2 heterocycles. The van der Waals surface area contributed by atoms with Crippen LogP contribution in [0.3, 0.4) is 0 Å². The molecule has 1 saturated heterocycles. The van der Waals surface area contributed by atoms with Crippen LogP contribution in [-0.2, 0) is 22.6 Å². The standard InChI is InChI=1S/C15H27N3O2S/c1-12-5-4-7-18(10-12)15-17-13(11-20-3)14(21-15)9-16-6-8-19-2/h12,16H,4-11H2,1-3H3. The first-order chi connectivity index (χ1) is 10.2. The van der Waals surface area contributed by atoms with Crippen molar-refractivity contribution in [3.05, 3.63) is 10.6 Å². The van der Waals surface area contributed by atoms with Gasteiger partial charge in [-0.1, -0.05) is 6.92 Å². The quantitative estimate of drug-likeness (QED) is 0.746. The fraction of sp³-hybridized carbons (Fsp3) is 0.800. The topological polar surface area (TPSA) is 46.6 Å². The van der Waals surface area contributed by atoms with Crippen molar-refractivity contribution in [2.45, 2.75) is 32.9 Å². The first-order valence-electron chi connectivity index (χ1n) is 7.66. The van der Waals surface area contributed by atoms with Gasteiger partial charge < -0.3 is 19.7 Å². The summed E-state index contributed by atoms with van der Waals surface area (Å²) in [6, 6.07) is 0. The molecule has 1 aromatic heterocycles. The highest BCUT2D eigenvalue weighted by Gasteiger charge is 2.21. The Morgan fingerprint density at radius 1 is 1.38 bits per heavy atom. The van der Waals surface area contributed by atoms with Gasteiger partial charge in [-0.3, -0.25) is 0 Å². The summed E-state index contributed by atoms with van der Waals surface area (Å²) in [6.07, 6.45) is 2.60. The summed E-state index contributed by atoms with van der Waals surface area (Å²) < 4.78 is 10.4. The molecule has 2 rings (SSSR count). The van der Waals surface area contributed by atoms with E-state index in [1.54, 1.807) is 25.6 Å². The van der Waals surface area contributed by atoms with Crippen LogP contribution in [0.4, 0.5) is 5.13 Å². The van der Waals surface area contributed by atoms with Gasteiger partial charge in [0, 0.05) is 45.3 Å². The normalized spacial score (nSPS) is 19.2. The number of rotatable bonds is 8. The van der Waals surface area contributed by atoms with Gasteiger partial charge in [0.15, 0.2) is 5.13 Å². The minimum Gasteiger partial charge on any atom is -0.383 e. The summed E-state index contributed by atoms with van der Waals surface area (Å²) >= 11 is 1.80. The highest BCUT2D eigenvalue weighted by Crippen LogP contribution is 2.30. The van der Waals surface area contributed by atoms with Gasteiger partial charge in [-0.15, -0.1) is 11.3 Å². The minimum absolute atomic E-state index is 0.585. The summed E-state index contributed by atoms with van der Waals surface area (Å²) in [5.41, 5.74) is 1.07. The summed E-state index contributed by atoms with van der Waals surface area (Å²) in [6.45, 7) is 7.58. The Hall–Kier alpha value is -0.690. The monoisotopic (exact) mass is 313 g/mol. The third-order valence-corrected chi connectivity index (χ3v) is 4.90. The van der Waals surface area contributed by atoms with Gasteiger partial charge in [0.25, 0.3) is 0 Å². The Labute approximate surface area is 131 Å². The number of thiazole rings is 1. The van der Waals surface area contributed by atoms with Crippen LogP contribution in [0.15, 0.2) is 0 Å². The SMILES string of the molecule is COCCNCc1sc(N2CCCC(C)C2)nc1COC. The van der Waals surface area contributed by atoms with Crippen molar-refractivity contribution in [1.29, 1.82) is 0 Å². The van der Waals surface area contributed by atoms with Gasteiger partial charge in [-0.25, -0.2) is 4.98 Å². The lowest BCUT2D eigenvalue weighted by atomic mass is 10.0. The molecule has 0 aliphatic carbocycles. The van der Waals surface area contributed by atoms with Crippen LogP contribution in [0.1, 0.15) is 30.3 Å². The molecule has 6 heteroatoms. The van der Waals surface area contributed by atoms with Gasteiger partial charge in [-0.05, 0) is 18.8 Å². The van der Waals surface area contributed by atoms with E-state index in [2.05, 4.69) is 17.1 Å². The number of aromatic nitrogens is 1. The van der Waals surface area contributed by atoms with Crippen LogP contribution in [-0.4, -0.2) is 45.4 Å². The lowest BCUT2D eigenvalue weighted by Crippen LogP contribution is -2.34. The molecule has 21 heavy (non-hydrogen) atoms. The molecular weight excluding hydrogens is 286 g/mol. The Morgan fingerprint density at radius 2 is 2.24 bits per heavy atom. The summed E-state index contributed by atoms with van der Waals surface area (Å²) in [5, 5.41) is 4.55. The summed E-state index contributed by atoms with van der Waals surface area (Å²) in [7, 11) is 3.45. The molecule has 0 bridgehead atoms. The molecule has 1 N–H and O–H groups in total. The number of hydrogen-bond donors (Lipinski definition) is 1. The zero-order valence-corrected chi connectivity index (χ0v) is 14.2. The molecule has 1 fully saturated rings. The van der Waals surface area contributed by atoms with Gasteiger partial charge in [0.2, 0.25) is 0 Å². The van der Waals surface area contributed by atoms with Gasteiger partial charge in [-0.2, -0.15) is 0 Å². The zero-order valence-electron chi connectivity index (χ0n) is 13.4. The van der Waals surface area contributed by atoms with E-state index in [0.717, 1.165) is 49.5 Å². The van der Waals surface area contributed by atoms with Crippen molar-refractivity contribution in [3.8, 4) is 0 Å². The highest BCUT2D eigenvalue weighted by molar-refractivity contribution is 7.15. The largest absolute Gasteiger partial charge is 0.383 e. The molecule has 5 nitrogen and oxygen atoms in total. The van der Waals surface area contributed by atoms with Crippen LogP contribution >= 0.6 is 11.3 Å². The minimum atomic E-state index is 0.585. The molecular formula is C15H27N3O2S. The zero-order chi connectivity index (χ0) is 15.1. The second-order valence-corrected chi connectivity index (χ2v) is 6.72. The molecule has 1 unspecified atom stereocenters. The van der Waals surface area contributed by atoms with Crippen molar-refractivity contribution < 1.29 is 9.47 Å². The Balaban J connectivity index is 2.01. The predicted molar refractivity (Wildman–Crippen MR) is 87.0 cm³/mol. The van der Waals surface area contributed by atoms with Gasteiger partial charge >= 0.3 is 0 Å². The van der Waals surface area contributed by atoms with Crippen molar-refractivity contribution >= 4 is 16.5 Å². The average Bonchev–Trinajstić information content (AvgIpc) is 2.87. The molecule has 1 aliphatic heterocycles. The number of hydrogen-bond acceptors (Lipinski definition) is 6. The van der Waals surface area contributed by atoms with E-state index in [4.69, 9.17) is 14.5 Å². The maximum Gasteiger partial charge on any atom is 0.185 e. The molecule has 0 aromatic carbocycles. The number of methoxy groups -OCH3 is 2. The highest BCUT2D eigenvalue weighted by atomic mass is 32.1. The van der Waals surface area contributed by atoms with Crippen LogP contribution in [0.5, 0.6) is 0 Å². The fourth-order valence-electron chi connectivity index (χ4n) is 2.63. The lowest BCUT2D eigenvalue weighted by Gasteiger charge is -2.30. The molecule has 0 spiro atoms. The Kier molecular flexibility index (Phi) is 6.89. The van der Waals surface area contributed by atoms with E-state index in [9.17, 15) is 0 Å². The number of anilines is 1. The second kappa shape index (κ2) is 8.68. The summed E-state index contributed by atoms with van der Waals surface area (Å²) in [5.74, 6) is 0.761. The molecule has 1 aliphatic rings. The maximum atomic E-state index is 5.29. The van der Waals surface area contributed by atoms with Crippen molar-refractivity contribution in [2.75, 3.05) is 45.4 Å². The molecule has 120 valence electrons. The van der Waals surface area contributed by atoms with Crippen molar-refractivity contribution in [2.24, 2.45) is 5.92 Å². The van der Waals surface area contributed by atoms with E-state index >= 15 is 0 Å². The lowest BCUT2D eigenvalue weighted by molar-refractivity contribution is 0.181. The molecule has 1 atom stereocenters. The molecule has 1 aromatic rings. The van der Waals surface area contributed by atoms with E-state index in [-0.39, 0.29) is 0 Å². The smallest absolute Gasteiger partial charge is 0.185 e. The van der Waals surface area contributed by atoms with E-state index in [0.29, 0.717) is 6.61 Å². The Morgan fingerprint density at radius 3 is 2.95 bits per heavy atom. The van der Waals surface area contributed by atoms with Crippen LogP contribution in [0.25, 0.3) is 0 Å². The molecule has 0 saturated carbocycles. The second-order valence-electron chi connectivity index (χ2n) is 5.66. The van der Waals surface area contributed by atoms with Crippen LogP contribution in [0.2, 0.25) is 0 Å². The number of piperidine rings is 1. The molecule has 0 radical (unpaired) electrons. The first-order valence-corrected chi connectivity index (χ1v) is 8.48. The number of nitrogens with zero attached hydrogens (tertiary/aromatic N) is 2. The van der Waals surface area contributed by atoms with E-state index < -0.39 is 0 Å². The van der Waals surface area contributed by atoms with Gasteiger partial charge in [0.05, 0.1) is 18.9 Å². The number of nitrogens with one attached hydrogen (secondary N) is 1. The third kappa shape index (κ3) is 4.92. The van der Waals surface area contributed by atoms with Crippen molar-refractivity contribution in [1.82, 2.24) is 10.3 Å². The van der Waals surface area contributed by atoms with Gasteiger partial charge in [0.1, 0.15) is 0 Å². The van der Waals surface area contributed by atoms with E-state index in [1.165, 1.54) is 17.7 Å². The third-order valence-electron chi connectivity index (χ3n) is 3.74. The maximum absolute atomic E-state index is 5.29. The first kappa shape index (κ1) is 16.7. The predicted octanol–water partition coefficient (Wildman–Crippen LogP) is 2.26. The average molecular weight is 313 g/mol. The Bertz CT molecular complexity index is 425. The van der Waals surface area contributed by atoms with Crippen LogP contribution < -0.4 is 10.2 Å². The van der Waals surface area contributed by atoms with E-state index in [1.807, 2.05) is 0 Å². The molecule has 0 amide bonds. The van der Waals surface area contributed by atoms with Crippen LogP contribution in [0, 0.1) is 5.92 Å². The number of ether oxygens (including phenoxy) is 2. The fourth-order valence-corrected chi connectivity index (χ4v) is 3.70. The van der Waals surface area contributed by atoms with Crippen molar-refractivity contribution in [3.63, 3.8) is 0 Å². The summed E-state index contributed by atoms with van der Waals surface area (Å²) in [4.78, 5) is 8.51.